The van der Waals surface area contributed by atoms with Crippen molar-refractivity contribution in [3.05, 3.63) is 65.2 Å². The third-order valence-corrected chi connectivity index (χ3v) is 3.45. The molecule has 0 aliphatic carbocycles. The first-order valence-corrected chi connectivity index (χ1v) is 7.37. The maximum Gasteiger partial charge on any atom is 0.251 e. The van der Waals surface area contributed by atoms with Crippen molar-refractivity contribution in [2.75, 3.05) is 11.9 Å². The number of rotatable bonds is 5. The molecule has 0 saturated heterocycles. The fraction of sp³-hybridized carbons (Fsp3) is 0.222. The zero-order valence-electron chi connectivity index (χ0n) is 13.2. The first kappa shape index (κ1) is 16.7. The molecule has 23 heavy (non-hydrogen) atoms. The van der Waals surface area contributed by atoms with Crippen LogP contribution in [0.2, 0.25) is 0 Å². The first-order valence-electron chi connectivity index (χ1n) is 7.37. The Morgan fingerprint density at radius 2 is 1.87 bits per heavy atom. The summed E-state index contributed by atoms with van der Waals surface area (Å²) in [4.78, 5) is 23.2. The number of aliphatic hydroxyl groups excluding tert-OH is 1. The lowest BCUT2D eigenvalue weighted by atomic mass is 10.0. The lowest BCUT2D eigenvalue weighted by Gasteiger charge is -2.14. The van der Waals surface area contributed by atoms with Crippen molar-refractivity contribution < 1.29 is 14.7 Å². The van der Waals surface area contributed by atoms with E-state index in [1.54, 1.807) is 24.3 Å². The van der Waals surface area contributed by atoms with Crippen LogP contribution < -0.4 is 10.6 Å². The number of aliphatic hydroxyl groups is 1. The summed E-state index contributed by atoms with van der Waals surface area (Å²) in [5.74, 6) is -0.498. The Morgan fingerprint density at radius 3 is 2.57 bits per heavy atom. The molecule has 2 aromatic rings. The fourth-order valence-corrected chi connectivity index (χ4v) is 2.30. The normalized spacial score (nSPS) is 11.6. The molecule has 120 valence electrons. The third-order valence-electron chi connectivity index (χ3n) is 3.45. The third kappa shape index (κ3) is 4.66. The number of carbonyl (C=O) groups is 2. The molecule has 1 unspecified atom stereocenters. The maximum absolute atomic E-state index is 12.2. The van der Waals surface area contributed by atoms with E-state index in [4.69, 9.17) is 0 Å². The smallest absolute Gasteiger partial charge is 0.251 e. The lowest BCUT2D eigenvalue weighted by Crippen LogP contribution is -2.28. The number of aryl methyl sites for hydroxylation is 1. The highest BCUT2D eigenvalue weighted by Gasteiger charge is 2.12. The molecule has 0 fully saturated rings. The summed E-state index contributed by atoms with van der Waals surface area (Å²) < 4.78 is 0. The van der Waals surface area contributed by atoms with Gasteiger partial charge in [0.1, 0.15) is 0 Å². The van der Waals surface area contributed by atoms with Gasteiger partial charge in [0.05, 0.1) is 6.10 Å². The van der Waals surface area contributed by atoms with E-state index in [0.717, 1.165) is 11.1 Å². The maximum atomic E-state index is 12.2. The monoisotopic (exact) mass is 312 g/mol. The van der Waals surface area contributed by atoms with Crippen molar-refractivity contribution in [2.45, 2.75) is 20.0 Å². The van der Waals surface area contributed by atoms with Crippen LogP contribution in [0.25, 0.3) is 0 Å². The van der Waals surface area contributed by atoms with Gasteiger partial charge in [-0.15, -0.1) is 0 Å². The van der Waals surface area contributed by atoms with E-state index in [0.29, 0.717) is 11.3 Å². The average molecular weight is 312 g/mol. The second-order valence-electron chi connectivity index (χ2n) is 5.34. The number of benzene rings is 2. The second-order valence-corrected chi connectivity index (χ2v) is 5.34. The number of amides is 2. The minimum atomic E-state index is -0.765. The number of nitrogens with one attached hydrogen (secondary N) is 2. The molecular weight excluding hydrogens is 292 g/mol. The summed E-state index contributed by atoms with van der Waals surface area (Å²) in [6, 6.07) is 14.2. The summed E-state index contributed by atoms with van der Waals surface area (Å²) in [6.45, 7) is 3.44. The van der Waals surface area contributed by atoms with Gasteiger partial charge in [0.2, 0.25) is 5.91 Å². The van der Waals surface area contributed by atoms with Crippen molar-refractivity contribution in [1.82, 2.24) is 5.32 Å². The minimum absolute atomic E-state index is 0.119. The average Bonchev–Trinajstić information content (AvgIpc) is 2.52. The fourth-order valence-electron chi connectivity index (χ4n) is 2.30. The van der Waals surface area contributed by atoms with Gasteiger partial charge in [0, 0.05) is 24.7 Å². The molecule has 2 rings (SSSR count). The summed E-state index contributed by atoms with van der Waals surface area (Å²) in [6.07, 6.45) is -0.765. The van der Waals surface area contributed by atoms with Gasteiger partial charge in [-0.1, -0.05) is 30.3 Å². The van der Waals surface area contributed by atoms with Crippen molar-refractivity contribution in [3.63, 3.8) is 0 Å². The Balaban J connectivity index is 1.99. The Labute approximate surface area is 135 Å². The van der Waals surface area contributed by atoms with Crippen LogP contribution in [0.1, 0.15) is 34.5 Å². The van der Waals surface area contributed by atoms with Crippen LogP contribution in [0.15, 0.2) is 48.5 Å². The summed E-state index contributed by atoms with van der Waals surface area (Å²) >= 11 is 0. The van der Waals surface area contributed by atoms with Gasteiger partial charge in [-0.3, -0.25) is 9.59 Å². The van der Waals surface area contributed by atoms with E-state index in [1.165, 1.54) is 6.92 Å². The van der Waals surface area contributed by atoms with Crippen LogP contribution in [-0.4, -0.2) is 23.5 Å². The molecule has 0 heterocycles. The standard InChI is InChI=1S/C18H20N2O3/c1-12-6-3-4-9-16(12)17(22)11-19-18(23)14-7-5-8-15(10-14)20-13(2)21/h3-10,17,22H,11H2,1-2H3,(H,19,23)(H,20,21). The molecule has 5 nitrogen and oxygen atoms in total. The molecule has 5 heteroatoms. The van der Waals surface area contributed by atoms with Gasteiger partial charge in [-0.05, 0) is 36.2 Å². The van der Waals surface area contributed by atoms with Gasteiger partial charge >= 0.3 is 0 Å². The molecule has 0 aliphatic rings. The molecule has 0 spiro atoms. The molecule has 0 radical (unpaired) electrons. The van der Waals surface area contributed by atoms with Crippen LogP contribution >= 0.6 is 0 Å². The lowest BCUT2D eigenvalue weighted by molar-refractivity contribution is -0.114. The Bertz CT molecular complexity index is 713. The van der Waals surface area contributed by atoms with Gasteiger partial charge in [0.25, 0.3) is 5.91 Å². The predicted octanol–water partition coefficient (Wildman–Crippen LogP) is 2.42. The van der Waals surface area contributed by atoms with E-state index in [-0.39, 0.29) is 18.4 Å². The molecule has 0 saturated carbocycles. The van der Waals surface area contributed by atoms with Crippen LogP contribution in [0.5, 0.6) is 0 Å². The minimum Gasteiger partial charge on any atom is -0.387 e. The topological polar surface area (TPSA) is 78.4 Å². The molecule has 1 atom stereocenters. The number of carbonyl (C=O) groups excluding carboxylic acids is 2. The molecular formula is C18H20N2O3. The van der Waals surface area contributed by atoms with Crippen molar-refractivity contribution in [1.29, 1.82) is 0 Å². The molecule has 0 bridgehead atoms. The SMILES string of the molecule is CC(=O)Nc1cccc(C(=O)NCC(O)c2ccccc2C)c1. The predicted molar refractivity (Wildman–Crippen MR) is 89.2 cm³/mol. The van der Waals surface area contributed by atoms with Crippen molar-refractivity contribution >= 4 is 17.5 Å². The van der Waals surface area contributed by atoms with Crippen LogP contribution in [-0.2, 0) is 4.79 Å². The van der Waals surface area contributed by atoms with E-state index >= 15 is 0 Å². The van der Waals surface area contributed by atoms with Crippen LogP contribution in [0, 0.1) is 6.92 Å². The van der Waals surface area contributed by atoms with Crippen LogP contribution in [0.3, 0.4) is 0 Å². The Kier molecular flexibility index (Phi) is 5.49. The number of anilines is 1. The molecule has 3 N–H and O–H groups in total. The largest absolute Gasteiger partial charge is 0.387 e. The van der Waals surface area contributed by atoms with E-state index in [9.17, 15) is 14.7 Å². The molecule has 2 amide bonds. The second kappa shape index (κ2) is 7.56. The van der Waals surface area contributed by atoms with Crippen molar-refractivity contribution in [2.24, 2.45) is 0 Å². The highest BCUT2D eigenvalue weighted by molar-refractivity contribution is 5.96. The summed E-state index contributed by atoms with van der Waals surface area (Å²) in [5.41, 5.74) is 2.75. The van der Waals surface area contributed by atoms with Crippen LogP contribution in [0.4, 0.5) is 5.69 Å². The van der Waals surface area contributed by atoms with E-state index in [1.807, 2.05) is 31.2 Å². The van der Waals surface area contributed by atoms with Gasteiger partial charge in [0.15, 0.2) is 0 Å². The van der Waals surface area contributed by atoms with Gasteiger partial charge in [-0.2, -0.15) is 0 Å². The van der Waals surface area contributed by atoms with Gasteiger partial charge < -0.3 is 15.7 Å². The quantitative estimate of drug-likeness (QED) is 0.793. The van der Waals surface area contributed by atoms with Crippen molar-refractivity contribution in [3.8, 4) is 0 Å². The summed E-state index contributed by atoms with van der Waals surface area (Å²) in [5, 5.41) is 15.5. The number of hydrogen-bond acceptors (Lipinski definition) is 3. The van der Waals surface area contributed by atoms with E-state index < -0.39 is 6.10 Å². The highest BCUT2D eigenvalue weighted by atomic mass is 16.3. The first-order chi connectivity index (χ1) is 11.0. The zero-order chi connectivity index (χ0) is 16.8. The molecule has 0 aliphatic heterocycles. The Morgan fingerprint density at radius 1 is 1.13 bits per heavy atom. The van der Waals surface area contributed by atoms with Gasteiger partial charge in [-0.25, -0.2) is 0 Å². The Hall–Kier alpha value is -2.66. The van der Waals surface area contributed by atoms with E-state index in [2.05, 4.69) is 10.6 Å². The zero-order valence-corrected chi connectivity index (χ0v) is 13.2. The molecule has 0 aromatic heterocycles. The highest BCUT2D eigenvalue weighted by Crippen LogP contribution is 2.16. The molecule has 2 aromatic carbocycles. The number of hydrogen-bond donors (Lipinski definition) is 3. The summed E-state index contributed by atoms with van der Waals surface area (Å²) in [7, 11) is 0.